The van der Waals surface area contributed by atoms with Gasteiger partial charge in [0.2, 0.25) is 5.91 Å². The Morgan fingerprint density at radius 2 is 2.05 bits per heavy atom. The Hall–Kier alpha value is -2.11. The van der Waals surface area contributed by atoms with Crippen LogP contribution in [0.25, 0.3) is 0 Å². The Labute approximate surface area is 117 Å². The smallest absolute Gasteiger partial charge is 0.246 e. The maximum atomic E-state index is 12.7. The van der Waals surface area contributed by atoms with Crippen LogP contribution in [0.4, 0.5) is 10.1 Å². The van der Waals surface area contributed by atoms with Gasteiger partial charge in [-0.3, -0.25) is 4.79 Å². The minimum atomic E-state index is -0.330. The maximum absolute atomic E-state index is 12.7. The van der Waals surface area contributed by atoms with Crippen molar-refractivity contribution < 1.29 is 9.18 Å². The zero-order chi connectivity index (χ0) is 14.4. The Balaban J connectivity index is 1.83. The van der Waals surface area contributed by atoms with Crippen LogP contribution in [0.5, 0.6) is 0 Å². The van der Waals surface area contributed by atoms with E-state index in [-0.39, 0.29) is 18.3 Å². The monoisotopic (exact) mass is 278 g/mol. The van der Waals surface area contributed by atoms with Crippen LogP contribution in [0, 0.1) is 5.82 Å². The van der Waals surface area contributed by atoms with Gasteiger partial charge in [-0.05, 0) is 44.0 Å². The third-order valence-corrected chi connectivity index (χ3v) is 2.77. The van der Waals surface area contributed by atoms with Gasteiger partial charge in [0.1, 0.15) is 12.4 Å². The van der Waals surface area contributed by atoms with E-state index in [9.17, 15) is 9.18 Å². The van der Waals surface area contributed by atoms with Crippen molar-refractivity contribution in [3.8, 4) is 0 Å². The van der Waals surface area contributed by atoms with E-state index in [1.54, 1.807) is 0 Å². The fraction of sp³-hybridized carbons (Fsp3) is 0.429. The van der Waals surface area contributed by atoms with Crippen LogP contribution in [0.2, 0.25) is 0 Å². The van der Waals surface area contributed by atoms with Crippen molar-refractivity contribution in [3.05, 3.63) is 30.1 Å². The lowest BCUT2D eigenvalue weighted by molar-refractivity contribution is -0.114. The predicted octanol–water partition coefficient (Wildman–Crippen LogP) is 1.48. The van der Waals surface area contributed by atoms with Gasteiger partial charge < -0.3 is 16.0 Å². The number of anilines is 1. The molecule has 0 spiro atoms. The molecule has 1 amide bonds. The number of guanidine groups is 1. The van der Waals surface area contributed by atoms with Crippen LogP contribution in [-0.2, 0) is 4.79 Å². The van der Waals surface area contributed by atoms with Crippen LogP contribution < -0.4 is 16.0 Å². The molecule has 1 saturated carbocycles. The Morgan fingerprint density at radius 3 is 2.65 bits per heavy atom. The highest BCUT2D eigenvalue weighted by Gasteiger charge is 2.22. The molecule has 108 valence electrons. The van der Waals surface area contributed by atoms with E-state index in [0.29, 0.717) is 17.7 Å². The molecule has 1 fully saturated rings. The summed E-state index contributed by atoms with van der Waals surface area (Å²) >= 11 is 0. The number of aliphatic imine (C=N–C) groups is 1. The minimum absolute atomic E-state index is 0.0272. The molecule has 3 N–H and O–H groups in total. The molecule has 0 saturated heterocycles. The number of amides is 1. The third-order valence-electron chi connectivity index (χ3n) is 2.77. The second kappa shape index (κ2) is 6.88. The molecule has 0 atom stereocenters. The number of halogens is 1. The zero-order valence-corrected chi connectivity index (χ0v) is 11.4. The summed E-state index contributed by atoms with van der Waals surface area (Å²) in [5.41, 5.74) is 0.562. The first-order valence-electron chi connectivity index (χ1n) is 6.77. The lowest BCUT2D eigenvalue weighted by Gasteiger charge is -2.10. The number of carbonyl (C=O) groups excluding carboxylic acids is 1. The number of hydrogen-bond donors (Lipinski definition) is 3. The normalized spacial score (nSPS) is 14.8. The maximum Gasteiger partial charge on any atom is 0.246 e. The van der Waals surface area contributed by atoms with Gasteiger partial charge in [0, 0.05) is 18.3 Å². The standard InChI is InChI=1S/C14H19FN4O/c1-2-16-14(19-12-7-8-12)17-9-13(20)18-11-5-3-10(15)4-6-11/h3-6,12H,2,7-9H2,1H3,(H,18,20)(H2,16,17,19). The molecule has 6 heteroatoms. The summed E-state index contributed by atoms with van der Waals surface area (Å²) in [5.74, 6) is 0.0953. The van der Waals surface area contributed by atoms with Crippen molar-refractivity contribution in [1.29, 1.82) is 0 Å². The second-order valence-corrected chi connectivity index (χ2v) is 4.67. The summed E-state index contributed by atoms with van der Waals surface area (Å²) in [4.78, 5) is 16.0. The Bertz CT molecular complexity index is 482. The van der Waals surface area contributed by atoms with E-state index < -0.39 is 0 Å². The number of nitrogens with one attached hydrogen (secondary N) is 3. The lowest BCUT2D eigenvalue weighted by Crippen LogP contribution is -2.39. The number of nitrogens with zero attached hydrogens (tertiary/aromatic N) is 1. The van der Waals surface area contributed by atoms with Crippen molar-refractivity contribution in [1.82, 2.24) is 10.6 Å². The zero-order valence-electron chi connectivity index (χ0n) is 11.4. The fourth-order valence-electron chi connectivity index (χ4n) is 1.63. The van der Waals surface area contributed by atoms with Gasteiger partial charge in [-0.15, -0.1) is 0 Å². The molecule has 20 heavy (non-hydrogen) atoms. The van der Waals surface area contributed by atoms with E-state index in [1.165, 1.54) is 24.3 Å². The summed E-state index contributed by atoms with van der Waals surface area (Å²) in [7, 11) is 0. The Kier molecular flexibility index (Phi) is 4.92. The molecule has 2 rings (SSSR count). The molecule has 0 radical (unpaired) electrons. The third kappa shape index (κ3) is 4.87. The number of rotatable bonds is 5. The van der Waals surface area contributed by atoms with Gasteiger partial charge in [-0.1, -0.05) is 0 Å². The lowest BCUT2D eigenvalue weighted by atomic mass is 10.3. The molecule has 1 aromatic rings. The van der Waals surface area contributed by atoms with E-state index in [4.69, 9.17) is 0 Å². The first kappa shape index (κ1) is 14.3. The first-order valence-corrected chi connectivity index (χ1v) is 6.77. The summed E-state index contributed by atoms with van der Waals surface area (Å²) < 4.78 is 12.7. The van der Waals surface area contributed by atoms with Crippen molar-refractivity contribution in [3.63, 3.8) is 0 Å². The highest BCUT2D eigenvalue weighted by Crippen LogP contribution is 2.18. The summed E-state index contributed by atoms with van der Waals surface area (Å²) in [6.45, 7) is 2.75. The van der Waals surface area contributed by atoms with Gasteiger partial charge in [0.05, 0.1) is 0 Å². The molecular formula is C14H19FN4O. The van der Waals surface area contributed by atoms with Crippen LogP contribution in [0.3, 0.4) is 0 Å². The molecule has 0 heterocycles. The van der Waals surface area contributed by atoms with Crippen LogP contribution in [0.1, 0.15) is 19.8 Å². The molecule has 0 aromatic heterocycles. The summed E-state index contributed by atoms with van der Waals surface area (Å²) in [6.07, 6.45) is 2.29. The average molecular weight is 278 g/mol. The van der Waals surface area contributed by atoms with Gasteiger partial charge in [-0.2, -0.15) is 0 Å². The summed E-state index contributed by atoms with van der Waals surface area (Å²) in [5, 5.41) is 8.99. The van der Waals surface area contributed by atoms with E-state index in [2.05, 4.69) is 20.9 Å². The van der Waals surface area contributed by atoms with Crippen molar-refractivity contribution in [2.24, 2.45) is 4.99 Å². The van der Waals surface area contributed by atoms with Crippen LogP contribution >= 0.6 is 0 Å². The highest BCUT2D eigenvalue weighted by atomic mass is 19.1. The van der Waals surface area contributed by atoms with Crippen LogP contribution in [-0.4, -0.2) is 31.0 Å². The Morgan fingerprint density at radius 1 is 1.35 bits per heavy atom. The average Bonchev–Trinajstić information content (AvgIpc) is 3.23. The molecule has 1 aromatic carbocycles. The SMILES string of the molecule is CCNC(=NCC(=O)Nc1ccc(F)cc1)NC1CC1. The molecule has 5 nitrogen and oxygen atoms in total. The molecular weight excluding hydrogens is 259 g/mol. The second-order valence-electron chi connectivity index (χ2n) is 4.67. The van der Waals surface area contributed by atoms with E-state index in [0.717, 1.165) is 19.4 Å². The molecule has 1 aliphatic rings. The first-order chi connectivity index (χ1) is 9.67. The molecule has 1 aliphatic carbocycles. The van der Waals surface area contributed by atoms with Crippen molar-refractivity contribution in [2.45, 2.75) is 25.8 Å². The number of carbonyl (C=O) groups is 1. The minimum Gasteiger partial charge on any atom is -0.357 e. The topological polar surface area (TPSA) is 65.5 Å². The fourth-order valence-corrected chi connectivity index (χ4v) is 1.63. The quantitative estimate of drug-likeness (QED) is 0.564. The molecule has 0 bridgehead atoms. The van der Waals surface area contributed by atoms with E-state index in [1.807, 2.05) is 6.92 Å². The number of benzene rings is 1. The molecule has 0 aliphatic heterocycles. The number of hydrogen-bond acceptors (Lipinski definition) is 2. The van der Waals surface area contributed by atoms with Crippen LogP contribution in [0.15, 0.2) is 29.3 Å². The van der Waals surface area contributed by atoms with Crippen molar-refractivity contribution >= 4 is 17.6 Å². The highest BCUT2D eigenvalue weighted by molar-refractivity contribution is 5.94. The van der Waals surface area contributed by atoms with Gasteiger partial charge in [0.15, 0.2) is 5.96 Å². The summed E-state index contributed by atoms with van der Waals surface area (Å²) in [6, 6.07) is 6.12. The van der Waals surface area contributed by atoms with Gasteiger partial charge in [-0.25, -0.2) is 9.38 Å². The van der Waals surface area contributed by atoms with Gasteiger partial charge in [0.25, 0.3) is 0 Å². The largest absolute Gasteiger partial charge is 0.357 e. The van der Waals surface area contributed by atoms with Gasteiger partial charge >= 0.3 is 0 Å². The van der Waals surface area contributed by atoms with E-state index >= 15 is 0 Å². The van der Waals surface area contributed by atoms with Crippen molar-refractivity contribution in [2.75, 3.05) is 18.4 Å². The molecule has 0 unspecified atom stereocenters. The predicted molar refractivity (Wildman–Crippen MR) is 77.2 cm³/mol.